The molecular weight excluding hydrogens is 327 g/mol. The highest BCUT2D eigenvalue weighted by Crippen LogP contribution is 2.26. The van der Waals surface area contributed by atoms with Gasteiger partial charge in [0.2, 0.25) is 0 Å². The maximum Gasteiger partial charge on any atom is 0.303 e. The van der Waals surface area contributed by atoms with Crippen molar-refractivity contribution in [1.82, 2.24) is 0 Å². The van der Waals surface area contributed by atoms with Gasteiger partial charge in [-0.2, -0.15) is 5.26 Å². The molecule has 20 heavy (non-hydrogen) atoms. The van der Waals surface area contributed by atoms with Gasteiger partial charge < -0.3 is 10.4 Å². The van der Waals surface area contributed by atoms with Crippen LogP contribution in [0.1, 0.15) is 37.7 Å². The minimum Gasteiger partial charge on any atom is -0.481 e. The second-order valence-electron chi connectivity index (χ2n) is 4.39. The average molecular weight is 343 g/mol. The van der Waals surface area contributed by atoms with E-state index in [0.29, 0.717) is 18.7 Å². The molecule has 0 aliphatic heterocycles. The summed E-state index contributed by atoms with van der Waals surface area (Å²) in [4.78, 5) is 10.3. The number of carboxylic acids is 1. The molecule has 0 saturated carbocycles. The first-order valence-corrected chi connectivity index (χ1v) is 7.19. The zero-order valence-corrected chi connectivity index (χ0v) is 12.5. The predicted octanol–water partition coefficient (Wildman–Crippen LogP) is 3.91. The van der Waals surface area contributed by atoms with Crippen LogP contribution in [-0.2, 0) is 4.79 Å². The third-order valence-corrected chi connectivity index (χ3v) is 3.61. The molecule has 0 amide bonds. The van der Waals surface area contributed by atoms with Gasteiger partial charge in [0.15, 0.2) is 5.82 Å². The maximum atomic E-state index is 13.8. The molecule has 6 heteroatoms. The van der Waals surface area contributed by atoms with Crippen molar-refractivity contribution in [3.05, 3.63) is 28.0 Å². The van der Waals surface area contributed by atoms with E-state index in [1.165, 1.54) is 0 Å². The molecular formula is C14H16BrFN2O2. The Morgan fingerprint density at radius 3 is 2.70 bits per heavy atom. The Labute approximate surface area is 125 Å². The van der Waals surface area contributed by atoms with Crippen LogP contribution in [0.4, 0.5) is 10.1 Å². The van der Waals surface area contributed by atoms with Crippen molar-refractivity contribution in [2.45, 2.75) is 32.1 Å². The first kappa shape index (κ1) is 16.4. The van der Waals surface area contributed by atoms with Crippen LogP contribution in [0, 0.1) is 17.1 Å². The predicted molar refractivity (Wildman–Crippen MR) is 78.0 cm³/mol. The Bertz CT molecular complexity index is 515. The van der Waals surface area contributed by atoms with E-state index in [9.17, 15) is 9.18 Å². The highest BCUT2D eigenvalue weighted by molar-refractivity contribution is 9.10. The summed E-state index contributed by atoms with van der Waals surface area (Å²) in [5.41, 5.74) is 0.628. The molecule has 0 fully saturated rings. The van der Waals surface area contributed by atoms with Crippen molar-refractivity contribution in [3.63, 3.8) is 0 Å². The lowest BCUT2D eigenvalue weighted by Crippen LogP contribution is -2.04. The van der Waals surface area contributed by atoms with Gasteiger partial charge in [0.1, 0.15) is 6.07 Å². The second kappa shape index (κ2) is 8.54. The Kier molecular flexibility index (Phi) is 7.02. The van der Waals surface area contributed by atoms with Crippen LogP contribution in [0.25, 0.3) is 0 Å². The van der Waals surface area contributed by atoms with E-state index in [0.717, 1.165) is 19.3 Å². The average Bonchev–Trinajstić information content (AvgIpc) is 2.42. The number of nitrogens with zero attached hydrogens (tertiary/aromatic N) is 1. The molecule has 0 aliphatic rings. The number of hydrogen-bond donors (Lipinski definition) is 2. The van der Waals surface area contributed by atoms with Crippen LogP contribution in [0.15, 0.2) is 16.6 Å². The molecule has 108 valence electrons. The van der Waals surface area contributed by atoms with Gasteiger partial charge >= 0.3 is 5.97 Å². The van der Waals surface area contributed by atoms with Gasteiger partial charge in [-0.05, 0) is 40.9 Å². The molecule has 0 aliphatic carbocycles. The molecule has 0 saturated heterocycles. The number of anilines is 1. The van der Waals surface area contributed by atoms with Gasteiger partial charge in [-0.3, -0.25) is 4.79 Å². The molecule has 0 radical (unpaired) electrons. The lowest BCUT2D eigenvalue weighted by atomic mass is 10.1. The van der Waals surface area contributed by atoms with Gasteiger partial charge in [-0.25, -0.2) is 4.39 Å². The van der Waals surface area contributed by atoms with Gasteiger partial charge in [-0.1, -0.05) is 12.8 Å². The standard InChI is InChI=1S/C14H16BrFN2O2/c15-13-10(9-17)6-7-11(14(13)16)18-8-4-2-1-3-5-12(19)20/h6-7,18H,1-5,8H2,(H,19,20). The zero-order chi connectivity index (χ0) is 15.0. The Morgan fingerprint density at radius 2 is 2.05 bits per heavy atom. The van der Waals surface area contributed by atoms with E-state index in [2.05, 4.69) is 21.2 Å². The van der Waals surface area contributed by atoms with Crippen LogP contribution in [0.2, 0.25) is 0 Å². The molecule has 0 spiro atoms. The number of carbonyl (C=O) groups is 1. The molecule has 0 atom stereocenters. The fourth-order valence-electron chi connectivity index (χ4n) is 1.75. The molecule has 1 aromatic rings. The van der Waals surface area contributed by atoms with Gasteiger partial charge in [0.05, 0.1) is 15.7 Å². The molecule has 0 aromatic heterocycles. The van der Waals surface area contributed by atoms with Crippen LogP contribution >= 0.6 is 15.9 Å². The molecule has 4 nitrogen and oxygen atoms in total. The number of unbranched alkanes of at least 4 members (excludes halogenated alkanes) is 3. The monoisotopic (exact) mass is 342 g/mol. The summed E-state index contributed by atoms with van der Waals surface area (Å²) in [7, 11) is 0. The molecule has 2 N–H and O–H groups in total. The lowest BCUT2D eigenvalue weighted by molar-refractivity contribution is -0.137. The third-order valence-electron chi connectivity index (χ3n) is 2.84. The number of benzene rings is 1. The van der Waals surface area contributed by atoms with Gasteiger partial charge in [0.25, 0.3) is 0 Å². The minimum atomic E-state index is -0.771. The number of aliphatic carboxylic acids is 1. The summed E-state index contributed by atoms with van der Waals surface area (Å²) in [6, 6.07) is 5.00. The fraction of sp³-hybridized carbons (Fsp3) is 0.429. The number of nitriles is 1. The SMILES string of the molecule is N#Cc1ccc(NCCCCCCC(=O)O)c(F)c1Br. The van der Waals surface area contributed by atoms with Crippen molar-refractivity contribution < 1.29 is 14.3 Å². The minimum absolute atomic E-state index is 0.173. The number of halogens is 2. The quantitative estimate of drug-likeness (QED) is 0.702. The second-order valence-corrected chi connectivity index (χ2v) is 5.18. The Balaban J connectivity index is 2.31. The van der Waals surface area contributed by atoms with Crippen molar-refractivity contribution in [1.29, 1.82) is 5.26 Å². The van der Waals surface area contributed by atoms with E-state index >= 15 is 0 Å². The molecule has 0 heterocycles. The van der Waals surface area contributed by atoms with Crippen molar-refractivity contribution in [3.8, 4) is 6.07 Å². The van der Waals surface area contributed by atoms with E-state index < -0.39 is 11.8 Å². The Hall–Kier alpha value is -1.61. The summed E-state index contributed by atoms with van der Waals surface area (Å²) in [5.74, 6) is -1.23. The lowest BCUT2D eigenvalue weighted by Gasteiger charge is -2.09. The first-order valence-electron chi connectivity index (χ1n) is 6.40. The third kappa shape index (κ3) is 5.17. The summed E-state index contributed by atoms with van der Waals surface area (Å²) in [5, 5.41) is 20.2. The number of hydrogen-bond acceptors (Lipinski definition) is 3. The topological polar surface area (TPSA) is 73.1 Å². The number of rotatable bonds is 8. The first-order chi connectivity index (χ1) is 9.56. The van der Waals surface area contributed by atoms with Crippen LogP contribution < -0.4 is 5.32 Å². The number of carboxylic acid groups (broad SMARTS) is 1. The van der Waals surface area contributed by atoms with E-state index in [4.69, 9.17) is 10.4 Å². The normalized spacial score (nSPS) is 10.1. The van der Waals surface area contributed by atoms with E-state index in [1.807, 2.05) is 6.07 Å². The smallest absolute Gasteiger partial charge is 0.303 e. The summed E-state index contributed by atoms with van der Waals surface area (Å²) in [6.07, 6.45) is 3.47. The van der Waals surface area contributed by atoms with Crippen LogP contribution in [-0.4, -0.2) is 17.6 Å². The highest BCUT2D eigenvalue weighted by Gasteiger charge is 2.10. The number of nitrogens with one attached hydrogen (secondary N) is 1. The van der Waals surface area contributed by atoms with Crippen molar-refractivity contribution >= 4 is 27.6 Å². The molecule has 1 rings (SSSR count). The zero-order valence-electron chi connectivity index (χ0n) is 11.0. The molecule has 1 aromatic carbocycles. The summed E-state index contributed by atoms with van der Waals surface area (Å²) >= 11 is 3.05. The summed E-state index contributed by atoms with van der Waals surface area (Å²) in [6.45, 7) is 0.613. The Morgan fingerprint density at radius 1 is 1.35 bits per heavy atom. The fourth-order valence-corrected chi connectivity index (χ4v) is 2.18. The largest absolute Gasteiger partial charge is 0.481 e. The van der Waals surface area contributed by atoms with Crippen molar-refractivity contribution in [2.24, 2.45) is 0 Å². The maximum absolute atomic E-state index is 13.8. The van der Waals surface area contributed by atoms with Gasteiger partial charge in [-0.15, -0.1) is 0 Å². The van der Waals surface area contributed by atoms with Crippen molar-refractivity contribution in [2.75, 3.05) is 11.9 Å². The van der Waals surface area contributed by atoms with Crippen LogP contribution in [0.3, 0.4) is 0 Å². The van der Waals surface area contributed by atoms with Crippen LogP contribution in [0.5, 0.6) is 0 Å². The van der Waals surface area contributed by atoms with E-state index in [1.54, 1.807) is 12.1 Å². The summed E-state index contributed by atoms with van der Waals surface area (Å²) < 4.78 is 14.0. The molecule has 0 bridgehead atoms. The molecule has 0 unspecified atom stereocenters. The highest BCUT2D eigenvalue weighted by atomic mass is 79.9. The van der Waals surface area contributed by atoms with E-state index in [-0.39, 0.29) is 16.5 Å². The van der Waals surface area contributed by atoms with Gasteiger partial charge in [0, 0.05) is 13.0 Å².